The van der Waals surface area contributed by atoms with E-state index in [2.05, 4.69) is 24.1 Å². The number of nitrogens with zero attached hydrogens (tertiary/aromatic N) is 1. The molecule has 0 aromatic rings. The summed E-state index contributed by atoms with van der Waals surface area (Å²) in [5.41, 5.74) is 0. The molecule has 2 heteroatoms. The fourth-order valence-corrected chi connectivity index (χ4v) is 4.05. The van der Waals surface area contributed by atoms with Crippen molar-refractivity contribution in [2.24, 2.45) is 0 Å². The molecule has 0 bridgehead atoms. The molecule has 2 aliphatic heterocycles. The maximum absolute atomic E-state index is 3.75. The Morgan fingerprint density at radius 3 is 2.44 bits per heavy atom. The Labute approximate surface area is 114 Å². The van der Waals surface area contributed by atoms with Crippen LogP contribution in [-0.2, 0) is 0 Å². The van der Waals surface area contributed by atoms with Gasteiger partial charge in [0.05, 0.1) is 0 Å². The molecule has 0 aromatic carbocycles. The van der Waals surface area contributed by atoms with E-state index in [-0.39, 0.29) is 0 Å². The molecular formula is C16H32N2. The van der Waals surface area contributed by atoms with Gasteiger partial charge in [-0.3, -0.25) is 4.90 Å². The quantitative estimate of drug-likeness (QED) is 0.777. The zero-order valence-corrected chi connectivity index (χ0v) is 12.5. The zero-order chi connectivity index (χ0) is 12.8. The van der Waals surface area contributed by atoms with Gasteiger partial charge in [0.25, 0.3) is 0 Å². The van der Waals surface area contributed by atoms with Gasteiger partial charge in [0, 0.05) is 18.1 Å². The second-order valence-corrected chi connectivity index (χ2v) is 6.23. The monoisotopic (exact) mass is 252 g/mol. The standard InChI is InChI=1S/C16H32N2/c1-3-8-14(9-4-2)18-13-6-5-11-16(18)15-10-7-12-17-15/h14-17H,3-13H2,1-2H3. The molecule has 18 heavy (non-hydrogen) atoms. The van der Waals surface area contributed by atoms with Gasteiger partial charge in [-0.1, -0.05) is 33.1 Å². The lowest BCUT2D eigenvalue weighted by atomic mass is 9.91. The molecule has 106 valence electrons. The average Bonchev–Trinajstić information content (AvgIpc) is 2.92. The first kappa shape index (κ1) is 14.3. The predicted octanol–water partition coefficient (Wildman–Crippen LogP) is 3.56. The lowest BCUT2D eigenvalue weighted by molar-refractivity contribution is 0.0635. The number of hydrogen-bond acceptors (Lipinski definition) is 2. The molecule has 2 heterocycles. The maximum atomic E-state index is 3.75. The zero-order valence-electron chi connectivity index (χ0n) is 12.5. The van der Waals surface area contributed by atoms with Crippen molar-refractivity contribution in [1.82, 2.24) is 10.2 Å². The Morgan fingerprint density at radius 1 is 1.06 bits per heavy atom. The van der Waals surface area contributed by atoms with E-state index in [1.807, 2.05) is 0 Å². The van der Waals surface area contributed by atoms with Crippen molar-refractivity contribution in [1.29, 1.82) is 0 Å². The van der Waals surface area contributed by atoms with Gasteiger partial charge in [-0.25, -0.2) is 0 Å². The van der Waals surface area contributed by atoms with Crippen molar-refractivity contribution in [2.75, 3.05) is 13.1 Å². The van der Waals surface area contributed by atoms with E-state index in [9.17, 15) is 0 Å². The van der Waals surface area contributed by atoms with E-state index in [0.29, 0.717) is 0 Å². The summed E-state index contributed by atoms with van der Waals surface area (Å²) in [6, 6.07) is 2.48. The molecule has 2 nitrogen and oxygen atoms in total. The van der Waals surface area contributed by atoms with Crippen LogP contribution in [0.1, 0.15) is 71.6 Å². The van der Waals surface area contributed by atoms with Crippen molar-refractivity contribution in [3.8, 4) is 0 Å². The number of nitrogens with one attached hydrogen (secondary N) is 1. The van der Waals surface area contributed by atoms with E-state index in [0.717, 1.165) is 18.1 Å². The molecular weight excluding hydrogens is 220 g/mol. The van der Waals surface area contributed by atoms with Crippen LogP contribution in [0.3, 0.4) is 0 Å². The van der Waals surface area contributed by atoms with Crippen LogP contribution in [0.5, 0.6) is 0 Å². The Kier molecular flexibility index (Phi) is 5.97. The molecule has 0 saturated carbocycles. The summed E-state index contributed by atoms with van der Waals surface area (Å²) >= 11 is 0. The second-order valence-electron chi connectivity index (χ2n) is 6.23. The minimum absolute atomic E-state index is 0.793. The fourth-order valence-electron chi connectivity index (χ4n) is 4.05. The van der Waals surface area contributed by atoms with Gasteiger partial charge in [0.2, 0.25) is 0 Å². The van der Waals surface area contributed by atoms with Crippen LogP contribution in [0.2, 0.25) is 0 Å². The SMILES string of the molecule is CCCC(CCC)N1CCCCC1C1CCCN1. The summed E-state index contributed by atoms with van der Waals surface area (Å²) < 4.78 is 0. The third-order valence-electron chi connectivity index (χ3n) is 4.87. The highest BCUT2D eigenvalue weighted by atomic mass is 15.2. The normalized spacial score (nSPS) is 30.2. The van der Waals surface area contributed by atoms with Gasteiger partial charge >= 0.3 is 0 Å². The third-order valence-corrected chi connectivity index (χ3v) is 4.87. The van der Waals surface area contributed by atoms with Crippen LogP contribution < -0.4 is 5.32 Å². The first-order valence-electron chi connectivity index (χ1n) is 8.36. The van der Waals surface area contributed by atoms with Crippen LogP contribution in [0.4, 0.5) is 0 Å². The molecule has 2 unspecified atom stereocenters. The minimum Gasteiger partial charge on any atom is -0.312 e. The highest BCUT2D eigenvalue weighted by Crippen LogP contribution is 2.28. The Hall–Kier alpha value is -0.0800. The maximum Gasteiger partial charge on any atom is 0.0252 e. The van der Waals surface area contributed by atoms with E-state index in [1.165, 1.54) is 70.9 Å². The van der Waals surface area contributed by atoms with Gasteiger partial charge in [-0.2, -0.15) is 0 Å². The van der Waals surface area contributed by atoms with Gasteiger partial charge in [0.1, 0.15) is 0 Å². The fraction of sp³-hybridized carbons (Fsp3) is 1.00. The molecule has 2 rings (SSSR count). The number of piperidine rings is 1. The first-order chi connectivity index (χ1) is 8.86. The topological polar surface area (TPSA) is 15.3 Å². The number of likely N-dealkylation sites (tertiary alicyclic amines) is 1. The van der Waals surface area contributed by atoms with Gasteiger partial charge in [-0.05, 0) is 51.6 Å². The second kappa shape index (κ2) is 7.49. The van der Waals surface area contributed by atoms with Gasteiger partial charge < -0.3 is 5.32 Å². The summed E-state index contributed by atoms with van der Waals surface area (Å²) in [6.45, 7) is 7.29. The van der Waals surface area contributed by atoms with Crippen LogP contribution in [0.25, 0.3) is 0 Å². The Balaban J connectivity index is 1.99. The summed E-state index contributed by atoms with van der Waals surface area (Å²) in [7, 11) is 0. The molecule has 0 amide bonds. The Bertz CT molecular complexity index is 217. The Morgan fingerprint density at radius 2 is 1.83 bits per heavy atom. The molecule has 0 aliphatic carbocycles. The lowest BCUT2D eigenvalue weighted by Gasteiger charge is -2.44. The van der Waals surface area contributed by atoms with E-state index >= 15 is 0 Å². The number of hydrogen-bond donors (Lipinski definition) is 1. The van der Waals surface area contributed by atoms with Crippen LogP contribution in [0.15, 0.2) is 0 Å². The van der Waals surface area contributed by atoms with Crippen LogP contribution in [0, 0.1) is 0 Å². The molecule has 2 aliphatic rings. The number of rotatable bonds is 6. The molecule has 2 saturated heterocycles. The summed E-state index contributed by atoms with van der Waals surface area (Å²) in [5, 5.41) is 3.75. The predicted molar refractivity (Wildman–Crippen MR) is 79.0 cm³/mol. The lowest BCUT2D eigenvalue weighted by Crippen LogP contribution is -2.54. The summed E-state index contributed by atoms with van der Waals surface area (Å²) in [6.07, 6.45) is 12.6. The van der Waals surface area contributed by atoms with Crippen molar-refractivity contribution < 1.29 is 0 Å². The van der Waals surface area contributed by atoms with Crippen molar-refractivity contribution in [3.05, 3.63) is 0 Å². The summed E-state index contributed by atoms with van der Waals surface area (Å²) in [5.74, 6) is 0. The average molecular weight is 252 g/mol. The van der Waals surface area contributed by atoms with Crippen molar-refractivity contribution in [3.63, 3.8) is 0 Å². The molecule has 0 spiro atoms. The highest BCUT2D eigenvalue weighted by Gasteiger charge is 2.34. The van der Waals surface area contributed by atoms with Crippen LogP contribution >= 0.6 is 0 Å². The molecule has 0 radical (unpaired) electrons. The first-order valence-corrected chi connectivity index (χ1v) is 8.36. The van der Waals surface area contributed by atoms with E-state index < -0.39 is 0 Å². The van der Waals surface area contributed by atoms with Crippen molar-refractivity contribution in [2.45, 2.75) is 89.8 Å². The molecule has 2 atom stereocenters. The largest absolute Gasteiger partial charge is 0.312 e. The van der Waals surface area contributed by atoms with Gasteiger partial charge in [-0.15, -0.1) is 0 Å². The van der Waals surface area contributed by atoms with E-state index in [1.54, 1.807) is 0 Å². The summed E-state index contributed by atoms with van der Waals surface area (Å²) in [4.78, 5) is 2.89. The highest BCUT2D eigenvalue weighted by molar-refractivity contribution is 4.93. The minimum atomic E-state index is 0.793. The molecule has 2 fully saturated rings. The van der Waals surface area contributed by atoms with E-state index in [4.69, 9.17) is 0 Å². The molecule has 0 aromatic heterocycles. The van der Waals surface area contributed by atoms with Gasteiger partial charge in [0.15, 0.2) is 0 Å². The third kappa shape index (κ3) is 3.48. The smallest absolute Gasteiger partial charge is 0.0252 e. The van der Waals surface area contributed by atoms with Crippen LogP contribution in [-0.4, -0.2) is 36.1 Å². The van der Waals surface area contributed by atoms with Crippen molar-refractivity contribution >= 4 is 0 Å². The molecule has 1 N–H and O–H groups in total.